The van der Waals surface area contributed by atoms with E-state index in [9.17, 15) is 14.7 Å². The third-order valence-corrected chi connectivity index (χ3v) is 4.36. The molecule has 0 aromatic rings. The Morgan fingerprint density at radius 1 is 1.26 bits per heavy atom. The van der Waals surface area contributed by atoms with E-state index in [1.165, 1.54) is 0 Å². The van der Waals surface area contributed by atoms with Crippen molar-refractivity contribution in [1.29, 1.82) is 0 Å². The number of carboxylic acid groups (broad SMARTS) is 1. The summed E-state index contributed by atoms with van der Waals surface area (Å²) in [5, 5.41) is 18.4. The normalized spacial score (nSPS) is 31.6. The zero-order valence-corrected chi connectivity index (χ0v) is 11.3. The standard InChI is InChI=1S/C13H22N2O4/c1-9-4-6-15(11(9)8-16)13(19)14-5-2-3-10(7-14)12(17)18/h9-11,16H,2-8H2,1H3,(H,17,18). The molecule has 0 radical (unpaired) electrons. The van der Waals surface area contributed by atoms with Crippen molar-refractivity contribution in [3.05, 3.63) is 0 Å². The lowest BCUT2D eigenvalue weighted by Crippen LogP contribution is -2.51. The van der Waals surface area contributed by atoms with Crippen molar-refractivity contribution in [2.24, 2.45) is 11.8 Å². The number of carbonyl (C=O) groups is 2. The van der Waals surface area contributed by atoms with Crippen LogP contribution in [0.25, 0.3) is 0 Å². The zero-order valence-electron chi connectivity index (χ0n) is 11.3. The monoisotopic (exact) mass is 270 g/mol. The van der Waals surface area contributed by atoms with Crippen molar-refractivity contribution >= 4 is 12.0 Å². The molecule has 0 aromatic carbocycles. The predicted molar refractivity (Wildman–Crippen MR) is 68.7 cm³/mol. The van der Waals surface area contributed by atoms with Crippen LogP contribution in [0.1, 0.15) is 26.2 Å². The van der Waals surface area contributed by atoms with Crippen LogP contribution < -0.4 is 0 Å². The maximum absolute atomic E-state index is 12.4. The van der Waals surface area contributed by atoms with Gasteiger partial charge in [-0.2, -0.15) is 0 Å². The third-order valence-electron chi connectivity index (χ3n) is 4.36. The Morgan fingerprint density at radius 3 is 2.63 bits per heavy atom. The summed E-state index contributed by atoms with van der Waals surface area (Å²) < 4.78 is 0. The lowest BCUT2D eigenvalue weighted by Gasteiger charge is -2.36. The Labute approximate surface area is 113 Å². The van der Waals surface area contributed by atoms with E-state index in [0.717, 1.165) is 12.8 Å². The van der Waals surface area contributed by atoms with Gasteiger partial charge in [0.1, 0.15) is 0 Å². The number of piperidine rings is 1. The second kappa shape index (κ2) is 5.77. The number of amides is 2. The first-order chi connectivity index (χ1) is 9.04. The van der Waals surface area contributed by atoms with Gasteiger partial charge < -0.3 is 20.0 Å². The molecule has 0 aliphatic carbocycles. The average Bonchev–Trinajstić information content (AvgIpc) is 2.79. The first kappa shape index (κ1) is 14.1. The molecule has 3 unspecified atom stereocenters. The molecule has 6 nitrogen and oxygen atoms in total. The van der Waals surface area contributed by atoms with Gasteiger partial charge in [0.2, 0.25) is 0 Å². The summed E-state index contributed by atoms with van der Waals surface area (Å²) in [5.41, 5.74) is 0. The van der Waals surface area contributed by atoms with Gasteiger partial charge >= 0.3 is 12.0 Å². The molecule has 2 saturated heterocycles. The minimum absolute atomic E-state index is 0.0247. The second-order valence-electron chi connectivity index (χ2n) is 5.62. The van der Waals surface area contributed by atoms with Crippen LogP contribution in [0.2, 0.25) is 0 Å². The molecule has 0 aromatic heterocycles. The predicted octanol–water partition coefficient (Wildman–Crippen LogP) is 0.606. The number of hydrogen-bond acceptors (Lipinski definition) is 3. The molecule has 0 bridgehead atoms. The van der Waals surface area contributed by atoms with E-state index in [1.54, 1.807) is 9.80 Å². The third kappa shape index (κ3) is 2.83. The molecule has 3 atom stereocenters. The summed E-state index contributed by atoms with van der Waals surface area (Å²) in [6, 6.07) is -0.243. The Hall–Kier alpha value is -1.30. The molecule has 6 heteroatoms. The summed E-state index contributed by atoms with van der Waals surface area (Å²) in [6.07, 6.45) is 2.27. The largest absolute Gasteiger partial charge is 0.481 e. The number of likely N-dealkylation sites (tertiary alicyclic amines) is 2. The molecule has 0 saturated carbocycles. The van der Waals surface area contributed by atoms with Gasteiger partial charge in [-0.3, -0.25) is 4.79 Å². The highest BCUT2D eigenvalue weighted by molar-refractivity contribution is 5.77. The lowest BCUT2D eigenvalue weighted by molar-refractivity contribution is -0.143. The number of aliphatic hydroxyl groups is 1. The van der Waals surface area contributed by atoms with Crippen LogP contribution in [0, 0.1) is 11.8 Å². The van der Waals surface area contributed by atoms with E-state index in [2.05, 4.69) is 0 Å². The summed E-state index contributed by atoms with van der Waals surface area (Å²) in [6.45, 7) is 3.57. The summed E-state index contributed by atoms with van der Waals surface area (Å²) in [7, 11) is 0. The van der Waals surface area contributed by atoms with E-state index < -0.39 is 11.9 Å². The van der Waals surface area contributed by atoms with Crippen LogP contribution >= 0.6 is 0 Å². The fraction of sp³-hybridized carbons (Fsp3) is 0.846. The number of aliphatic hydroxyl groups excluding tert-OH is 1. The van der Waals surface area contributed by atoms with Gasteiger partial charge in [0.25, 0.3) is 0 Å². The molecular formula is C13H22N2O4. The molecule has 2 aliphatic rings. The number of hydrogen-bond donors (Lipinski definition) is 2. The molecule has 19 heavy (non-hydrogen) atoms. The van der Waals surface area contributed by atoms with Crippen molar-refractivity contribution in [3.8, 4) is 0 Å². The van der Waals surface area contributed by atoms with Crippen LogP contribution in [0.5, 0.6) is 0 Å². The fourth-order valence-electron chi connectivity index (χ4n) is 3.06. The van der Waals surface area contributed by atoms with Gasteiger partial charge in [-0.25, -0.2) is 4.79 Å². The van der Waals surface area contributed by atoms with E-state index in [1.807, 2.05) is 6.92 Å². The van der Waals surface area contributed by atoms with Gasteiger partial charge in [0, 0.05) is 19.6 Å². The zero-order chi connectivity index (χ0) is 14.0. The van der Waals surface area contributed by atoms with Crippen LogP contribution in [-0.2, 0) is 4.79 Å². The minimum atomic E-state index is -0.828. The summed E-state index contributed by atoms with van der Waals surface area (Å²) in [5.74, 6) is -0.981. The van der Waals surface area contributed by atoms with E-state index in [-0.39, 0.29) is 25.2 Å². The van der Waals surface area contributed by atoms with Gasteiger partial charge in [-0.1, -0.05) is 6.92 Å². The van der Waals surface area contributed by atoms with Gasteiger partial charge in [0.15, 0.2) is 0 Å². The van der Waals surface area contributed by atoms with E-state index in [0.29, 0.717) is 25.4 Å². The Balaban J connectivity index is 2.01. The highest BCUT2D eigenvalue weighted by Crippen LogP contribution is 2.26. The fourth-order valence-corrected chi connectivity index (χ4v) is 3.06. The Kier molecular flexibility index (Phi) is 4.29. The highest BCUT2D eigenvalue weighted by atomic mass is 16.4. The van der Waals surface area contributed by atoms with Crippen molar-refractivity contribution in [2.45, 2.75) is 32.2 Å². The van der Waals surface area contributed by atoms with Gasteiger partial charge in [0.05, 0.1) is 18.6 Å². The Bertz CT molecular complexity index is 361. The van der Waals surface area contributed by atoms with Gasteiger partial charge in [-0.05, 0) is 25.2 Å². The summed E-state index contributed by atoms with van der Waals surface area (Å²) in [4.78, 5) is 26.8. The van der Waals surface area contributed by atoms with Gasteiger partial charge in [-0.15, -0.1) is 0 Å². The Morgan fingerprint density at radius 2 is 2.00 bits per heavy atom. The van der Waals surface area contributed by atoms with Crippen molar-refractivity contribution in [3.63, 3.8) is 0 Å². The second-order valence-corrected chi connectivity index (χ2v) is 5.62. The number of rotatable bonds is 2. The molecule has 2 N–H and O–H groups in total. The molecule has 0 spiro atoms. The first-order valence-electron chi connectivity index (χ1n) is 6.93. The molecule has 2 fully saturated rings. The maximum atomic E-state index is 12.4. The average molecular weight is 270 g/mol. The van der Waals surface area contributed by atoms with Crippen molar-refractivity contribution in [2.75, 3.05) is 26.2 Å². The highest BCUT2D eigenvalue weighted by Gasteiger charge is 2.38. The number of nitrogens with zero attached hydrogens (tertiary/aromatic N) is 2. The summed E-state index contributed by atoms with van der Waals surface area (Å²) >= 11 is 0. The SMILES string of the molecule is CC1CCN(C(=O)N2CCCC(C(=O)O)C2)C1CO. The molecule has 2 amide bonds. The number of aliphatic carboxylic acids is 1. The molecule has 2 rings (SSSR count). The molecule has 108 valence electrons. The first-order valence-corrected chi connectivity index (χ1v) is 6.93. The van der Waals surface area contributed by atoms with E-state index >= 15 is 0 Å². The van der Waals surface area contributed by atoms with Crippen LogP contribution in [0.3, 0.4) is 0 Å². The van der Waals surface area contributed by atoms with Crippen LogP contribution in [0.15, 0.2) is 0 Å². The molecule has 2 aliphatic heterocycles. The number of carboxylic acids is 1. The van der Waals surface area contributed by atoms with Crippen LogP contribution in [-0.4, -0.2) is 64.3 Å². The van der Waals surface area contributed by atoms with Crippen molar-refractivity contribution < 1.29 is 19.8 Å². The van der Waals surface area contributed by atoms with Crippen molar-refractivity contribution in [1.82, 2.24) is 9.80 Å². The van der Waals surface area contributed by atoms with E-state index in [4.69, 9.17) is 5.11 Å². The quantitative estimate of drug-likeness (QED) is 0.770. The lowest BCUT2D eigenvalue weighted by atomic mass is 9.98. The smallest absolute Gasteiger partial charge is 0.320 e. The topological polar surface area (TPSA) is 81.1 Å². The van der Waals surface area contributed by atoms with Crippen LogP contribution in [0.4, 0.5) is 4.79 Å². The molecular weight excluding hydrogens is 248 g/mol. The molecule has 2 heterocycles. The minimum Gasteiger partial charge on any atom is -0.481 e. The maximum Gasteiger partial charge on any atom is 0.320 e. The number of urea groups is 1. The number of carbonyl (C=O) groups excluding carboxylic acids is 1.